The third-order valence-electron chi connectivity index (χ3n) is 1.78. The molecule has 2 aromatic heterocycles. The molecule has 0 amide bonds. The van der Waals surface area contributed by atoms with Gasteiger partial charge in [-0.05, 0) is 12.1 Å². The minimum atomic E-state index is -1.01. The zero-order valence-corrected chi connectivity index (χ0v) is 7.16. The summed E-state index contributed by atoms with van der Waals surface area (Å²) >= 11 is 0. The standard InChI is InChI=1S/C9H7N3O2/c13-9(14)8-5-11-6-12(8)7-2-1-3-10-4-7/h1-6H,(H,13,14). The zero-order valence-electron chi connectivity index (χ0n) is 7.16. The molecule has 0 aromatic carbocycles. The summed E-state index contributed by atoms with van der Waals surface area (Å²) in [5, 5.41) is 8.83. The molecule has 0 unspecified atom stereocenters. The van der Waals surface area contributed by atoms with Gasteiger partial charge in [-0.25, -0.2) is 9.78 Å². The third-order valence-corrected chi connectivity index (χ3v) is 1.78. The molecule has 0 fully saturated rings. The number of carboxylic acid groups (broad SMARTS) is 1. The van der Waals surface area contributed by atoms with Gasteiger partial charge in [0.05, 0.1) is 24.4 Å². The van der Waals surface area contributed by atoms with Crippen molar-refractivity contribution < 1.29 is 9.90 Å². The Morgan fingerprint density at radius 2 is 2.21 bits per heavy atom. The van der Waals surface area contributed by atoms with E-state index in [1.165, 1.54) is 17.1 Å². The summed E-state index contributed by atoms with van der Waals surface area (Å²) in [5.74, 6) is -1.01. The maximum atomic E-state index is 10.8. The van der Waals surface area contributed by atoms with Crippen molar-refractivity contribution in [3.63, 3.8) is 0 Å². The second-order valence-electron chi connectivity index (χ2n) is 2.67. The van der Waals surface area contributed by atoms with E-state index in [0.717, 1.165) is 0 Å². The molecule has 0 saturated carbocycles. The van der Waals surface area contributed by atoms with Crippen LogP contribution in [0.3, 0.4) is 0 Å². The van der Waals surface area contributed by atoms with Gasteiger partial charge in [-0.1, -0.05) is 0 Å². The SMILES string of the molecule is O=C(O)c1cncn1-c1cccnc1. The Labute approximate surface area is 79.7 Å². The predicted molar refractivity (Wildman–Crippen MR) is 48.3 cm³/mol. The van der Waals surface area contributed by atoms with Crippen molar-refractivity contribution in [2.45, 2.75) is 0 Å². The third kappa shape index (κ3) is 1.35. The summed E-state index contributed by atoms with van der Waals surface area (Å²) in [6.07, 6.45) is 5.95. The van der Waals surface area contributed by atoms with Crippen molar-refractivity contribution in [3.8, 4) is 5.69 Å². The van der Waals surface area contributed by atoms with E-state index < -0.39 is 5.97 Å². The molecule has 14 heavy (non-hydrogen) atoms. The Balaban J connectivity index is 2.52. The largest absolute Gasteiger partial charge is 0.477 e. The molecule has 70 valence electrons. The quantitative estimate of drug-likeness (QED) is 0.764. The van der Waals surface area contributed by atoms with E-state index in [1.807, 2.05) is 0 Å². The van der Waals surface area contributed by atoms with E-state index in [0.29, 0.717) is 5.69 Å². The van der Waals surface area contributed by atoms with E-state index in [-0.39, 0.29) is 5.69 Å². The van der Waals surface area contributed by atoms with Gasteiger partial charge >= 0.3 is 5.97 Å². The van der Waals surface area contributed by atoms with Gasteiger partial charge < -0.3 is 5.11 Å². The number of carboxylic acids is 1. The van der Waals surface area contributed by atoms with Crippen molar-refractivity contribution in [2.24, 2.45) is 0 Å². The summed E-state index contributed by atoms with van der Waals surface area (Å²) in [4.78, 5) is 18.4. The highest BCUT2D eigenvalue weighted by molar-refractivity contribution is 5.86. The summed E-state index contributed by atoms with van der Waals surface area (Å²) in [6, 6.07) is 3.50. The van der Waals surface area contributed by atoms with E-state index in [4.69, 9.17) is 5.11 Å². The number of hydrogen-bond donors (Lipinski definition) is 1. The molecular formula is C9H7N3O2. The lowest BCUT2D eigenvalue weighted by molar-refractivity contribution is 0.0688. The van der Waals surface area contributed by atoms with Gasteiger partial charge in [0.15, 0.2) is 5.69 Å². The van der Waals surface area contributed by atoms with Crippen LogP contribution in [0.15, 0.2) is 37.1 Å². The lowest BCUT2D eigenvalue weighted by Gasteiger charge is -2.02. The lowest BCUT2D eigenvalue weighted by atomic mass is 10.4. The number of nitrogens with zero attached hydrogens (tertiary/aromatic N) is 3. The fourth-order valence-electron chi connectivity index (χ4n) is 1.16. The van der Waals surface area contributed by atoms with Crippen molar-refractivity contribution in [1.82, 2.24) is 14.5 Å². The van der Waals surface area contributed by atoms with Crippen LogP contribution in [0.2, 0.25) is 0 Å². The smallest absolute Gasteiger partial charge is 0.354 e. The minimum Gasteiger partial charge on any atom is -0.477 e. The number of aromatic nitrogens is 3. The number of carbonyl (C=O) groups is 1. The van der Waals surface area contributed by atoms with Crippen LogP contribution < -0.4 is 0 Å². The van der Waals surface area contributed by atoms with Crippen LogP contribution in [0.25, 0.3) is 5.69 Å². The topological polar surface area (TPSA) is 68.0 Å². The van der Waals surface area contributed by atoms with Gasteiger partial charge in [-0.15, -0.1) is 0 Å². The van der Waals surface area contributed by atoms with E-state index in [1.54, 1.807) is 24.5 Å². The van der Waals surface area contributed by atoms with Crippen LogP contribution in [0.5, 0.6) is 0 Å². The highest BCUT2D eigenvalue weighted by atomic mass is 16.4. The first-order chi connectivity index (χ1) is 6.79. The predicted octanol–water partition coefficient (Wildman–Crippen LogP) is 0.965. The van der Waals surface area contributed by atoms with Crippen LogP contribution in [0, 0.1) is 0 Å². The Kier molecular flexibility index (Phi) is 1.98. The molecule has 1 N–H and O–H groups in total. The molecular weight excluding hydrogens is 182 g/mol. The van der Waals surface area contributed by atoms with Gasteiger partial charge in [0.2, 0.25) is 0 Å². The average molecular weight is 189 g/mol. The molecule has 0 radical (unpaired) electrons. The van der Waals surface area contributed by atoms with Crippen molar-refractivity contribution in [3.05, 3.63) is 42.7 Å². The lowest BCUT2D eigenvalue weighted by Crippen LogP contribution is -2.05. The highest BCUT2D eigenvalue weighted by Gasteiger charge is 2.10. The molecule has 0 aliphatic rings. The molecule has 0 bridgehead atoms. The molecule has 2 rings (SSSR count). The molecule has 5 nitrogen and oxygen atoms in total. The Morgan fingerprint density at radius 3 is 2.86 bits per heavy atom. The van der Waals surface area contributed by atoms with Crippen molar-refractivity contribution >= 4 is 5.97 Å². The second kappa shape index (κ2) is 3.29. The molecule has 0 spiro atoms. The maximum Gasteiger partial charge on any atom is 0.354 e. The molecule has 0 saturated heterocycles. The summed E-state index contributed by atoms with van der Waals surface area (Å²) in [7, 11) is 0. The number of imidazole rings is 1. The zero-order chi connectivity index (χ0) is 9.97. The van der Waals surface area contributed by atoms with Crippen molar-refractivity contribution in [1.29, 1.82) is 0 Å². The maximum absolute atomic E-state index is 10.8. The van der Waals surface area contributed by atoms with Crippen LogP contribution in [-0.2, 0) is 0 Å². The first kappa shape index (κ1) is 8.43. The van der Waals surface area contributed by atoms with E-state index in [9.17, 15) is 4.79 Å². The Bertz CT molecular complexity index is 450. The Hall–Kier alpha value is -2.17. The Morgan fingerprint density at radius 1 is 1.36 bits per heavy atom. The van der Waals surface area contributed by atoms with Gasteiger partial charge in [-0.3, -0.25) is 9.55 Å². The molecule has 0 aliphatic heterocycles. The van der Waals surface area contributed by atoms with Gasteiger partial charge in [0.1, 0.15) is 0 Å². The highest BCUT2D eigenvalue weighted by Crippen LogP contribution is 2.08. The summed E-state index contributed by atoms with van der Waals surface area (Å²) in [5.41, 5.74) is 0.806. The van der Waals surface area contributed by atoms with E-state index in [2.05, 4.69) is 9.97 Å². The summed E-state index contributed by atoms with van der Waals surface area (Å²) in [6.45, 7) is 0. The normalized spacial score (nSPS) is 10.0. The minimum absolute atomic E-state index is 0.123. The number of hydrogen-bond acceptors (Lipinski definition) is 3. The molecule has 2 heterocycles. The van der Waals surface area contributed by atoms with Crippen LogP contribution in [0.4, 0.5) is 0 Å². The van der Waals surface area contributed by atoms with E-state index >= 15 is 0 Å². The van der Waals surface area contributed by atoms with Gasteiger partial charge in [0, 0.05) is 6.20 Å². The van der Waals surface area contributed by atoms with Gasteiger partial charge in [-0.2, -0.15) is 0 Å². The number of rotatable bonds is 2. The van der Waals surface area contributed by atoms with Crippen LogP contribution >= 0.6 is 0 Å². The fraction of sp³-hybridized carbons (Fsp3) is 0. The van der Waals surface area contributed by atoms with Crippen LogP contribution in [-0.4, -0.2) is 25.6 Å². The first-order valence-corrected chi connectivity index (χ1v) is 3.95. The number of aromatic carboxylic acids is 1. The molecule has 5 heteroatoms. The van der Waals surface area contributed by atoms with Crippen molar-refractivity contribution in [2.75, 3.05) is 0 Å². The second-order valence-corrected chi connectivity index (χ2v) is 2.67. The first-order valence-electron chi connectivity index (χ1n) is 3.95. The van der Waals surface area contributed by atoms with Crippen LogP contribution in [0.1, 0.15) is 10.5 Å². The summed E-state index contributed by atoms with van der Waals surface area (Å²) < 4.78 is 1.47. The monoisotopic (exact) mass is 189 g/mol. The molecule has 0 aliphatic carbocycles. The molecule has 0 atom stereocenters. The fourth-order valence-corrected chi connectivity index (χ4v) is 1.16. The molecule has 2 aromatic rings. The number of pyridine rings is 1. The van der Waals surface area contributed by atoms with Gasteiger partial charge in [0.25, 0.3) is 0 Å². The average Bonchev–Trinajstić information content (AvgIpc) is 2.67.